The number of hydrogen-bond donors (Lipinski definition) is 1. The van der Waals surface area contributed by atoms with Crippen molar-refractivity contribution in [3.63, 3.8) is 0 Å². The van der Waals surface area contributed by atoms with Gasteiger partial charge in [0.25, 0.3) is 0 Å². The summed E-state index contributed by atoms with van der Waals surface area (Å²) in [5.74, 6) is 0.982. The Bertz CT molecular complexity index is 403. The van der Waals surface area contributed by atoms with Crippen molar-refractivity contribution in [1.29, 1.82) is 0 Å². The Morgan fingerprint density at radius 3 is 2.12 bits per heavy atom. The number of rotatable bonds is 9. The minimum Gasteiger partial charge on any atom is -0.494 e. The van der Waals surface area contributed by atoms with Gasteiger partial charge >= 0.3 is 0 Å². The van der Waals surface area contributed by atoms with E-state index in [9.17, 15) is 0 Å². The van der Waals surface area contributed by atoms with Gasteiger partial charge in [0.15, 0.2) is 0 Å². The van der Waals surface area contributed by atoms with Crippen LogP contribution in [0.2, 0.25) is 0 Å². The molecule has 4 nitrogen and oxygen atoms in total. The normalized spacial score (nSPS) is 14.5. The number of nitrogens with zero attached hydrogens (tertiary/aromatic N) is 2. The molecule has 1 aromatic carbocycles. The third kappa shape index (κ3) is 12.9. The van der Waals surface area contributed by atoms with Crippen LogP contribution in [-0.4, -0.2) is 69.8 Å². The van der Waals surface area contributed by atoms with Crippen molar-refractivity contribution in [3.05, 3.63) is 43.0 Å². The highest BCUT2D eigenvalue weighted by molar-refractivity contribution is 5.20. The first-order valence-electron chi connectivity index (χ1n) is 10.1. The van der Waals surface area contributed by atoms with E-state index in [4.69, 9.17) is 4.74 Å². The summed E-state index contributed by atoms with van der Waals surface area (Å²) < 4.78 is 5.71. The van der Waals surface area contributed by atoms with Crippen molar-refractivity contribution in [2.75, 3.05) is 60.0 Å². The lowest BCUT2D eigenvalue weighted by Gasteiger charge is -2.34. The fourth-order valence-electron chi connectivity index (χ4n) is 2.70. The zero-order chi connectivity index (χ0) is 19.5. The molecule has 0 spiro atoms. The molecular weight excluding hydrogens is 322 g/mol. The van der Waals surface area contributed by atoms with Gasteiger partial charge in [-0.05, 0) is 52.0 Å². The summed E-state index contributed by atoms with van der Waals surface area (Å²) in [5, 5.41) is 2.75. The summed E-state index contributed by atoms with van der Waals surface area (Å²) in [4.78, 5) is 5.05. The number of nitrogens with one attached hydrogen (secondary N) is 1. The minimum absolute atomic E-state index is 0.830. The molecule has 1 N–H and O–H groups in total. The van der Waals surface area contributed by atoms with Gasteiger partial charge in [-0.3, -0.25) is 4.90 Å². The quantitative estimate of drug-likeness (QED) is 0.532. The van der Waals surface area contributed by atoms with E-state index < -0.39 is 0 Å². The predicted molar refractivity (Wildman–Crippen MR) is 115 cm³/mol. The summed E-state index contributed by atoms with van der Waals surface area (Å²) in [7, 11) is 3.75. The second kappa shape index (κ2) is 18.4. The van der Waals surface area contributed by atoms with E-state index in [1.54, 1.807) is 0 Å². The predicted octanol–water partition coefficient (Wildman–Crippen LogP) is 3.90. The Labute approximate surface area is 162 Å². The third-order valence-electron chi connectivity index (χ3n) is 3.98. The van der Waals surface area contributed by atoms with Gasteiger partial charge in [0.1, 0.15) is 5.75 Å². The molecule has 0 radical (unpaired) electrons. The van der Waals surface area contributed by atoms with Crippen LogP contribution in [0.5, 0.6) is 5.75 Å². The molecule has 1 aliphatic rings. The second-order valence-corrected chi connectivity index (χ2v) is 6.15. The summed E-state index contributed by atoms with van der Waals surface area (Å²) in [5.41, 5.74) is 0. The number of unbranched alkanes of at least 4 members (excludes halogenated alkanes) is 2. The molecule has 0 atom stereocenters. The number of piperazine rings is 1. The zero-order valence-corrected chi connectivity index (χ0v) is 17.5. The molecule has 0 aromatic heterocycles. The Balaban J connectivity index is 0.00000113. The minimum atomic E-state index is 0.830. The molecule has 2 rings (SSSR count). The Hall–Kier alpha value is -1.36. The first-order chi connectivity index (χ1) is 12.8. The van der Waals surface area contributed by atoms with Crippen molar-refractivity contribution in [2.45, 2.75) is 33.1 Å². The molecule has 26 heavy (non-hydrogen) atoms. The van der Waals surface area contributed by atoms with E-state index >= 15 is 0 Å². The summed E-state index contributed by atoms with van der Waals surface area (Å²) in [6.07, 6.45) is 5.67. The van der Waals surface area contributed by atoms with Gasteiger partial charge in [-0.25, -0.2) is 0 Å². The molecule has 0 amide bonds. The van der Waals surface area contributed by atoms with E-state index in [1.807, 2.05) is 64.4 Å². The van der Waals surface area contributed by atoms with Crippen molar-refractivity contribution in [1.82, 2.24) is 15.1 Å². The van der Waals surface area contributed by atoms with Gasteiger partial charge in [0.2, 0.25) is 0 Å². The van der Waals surface area contributed by atoms with Gasteiger partial charge < -0.3 is 15.0 Å². The lowest BCUT2D eigenvalue weighted by atomic mass is 10.2. The molecule has 1 fully saturated rings. The monoisotopic (exact) mass is 363 g/mol. The largest absolute Gasteiger partial charge is 0.494 e. The molecule has 0 unspecified atom stereocenters. The van der Waals surface area contributed by atoms with Crippen LogP contribution in [0, 0.1) is 0 Å². The standard InChI is InChI=1S/C18H28N2O.C2H7N.C2H6/c1-2-11-19-13-15-20(16-14-19)12-7-4-8-17-21-18-9-5-3-6-10-18;1-3-2;1-2/h2-3,5-6,9-10H,1,4,7-8,11-17H2;3H,1-2H3;1-2H3. The number of ether oxygens (including phenoxy) is 1. The second-order valence-electron chi connectivity index (χ2n) is 6.15. The highest BCUT2D eigenvalue weighted by Gasteiger charge is 2.14. The van der Waals surface area contributed by atoms with E-state index in [2.05, 4.69) is 21.7 Å². The lowest BCUT2D eigenvalue weighted by Crippen LogP contribution is -2.46. The van der Waals surface area contributed by atoms with Crippen LogP contribution in [0.25, 0.3) is 0 Å². The molecule has 1 saturated heterocycles. The van der Waals surface area contributed by atoms with Crippen molar-refractivity contribution >= 4 is 0 Å². The smallest absolute Gasteiger partial charge is 0.119 e. The maximum Gasteiger partial charge on any atom is 0.119 e. The molecule has 1 heterocycles. The van der Waals surface area contributed by atoms with E-state index in [-0.39, 0.29) is 0 Å². The van der Waals surface area contributed by atoms with Gasteiger partial charge in [-0.15, -0.1) is 6.58 Å². The number of benzene rings is 1. The first kappa shape index (κ1) is 24.6. The molecule has 0 saturated carbocycles. The maximum atomic E-state index is 5.71. The van der Waals surface area contributed by atoms with E-state index in [0.717, 1.165) is 25.3 Å². The van der Waals surface area contributed by atoms with Gasteiger partial charge in [-0.1, -0.05) is 38.1 Å². The highest BCUT2D eigenvalue weighted by Crippen LogP contribution is 2.10. The van der Waals surface area contributed by atoms with Crippen LogP contribution in [0.15, 0.2) is 43.0 Å². The summed E-state index contributed by atoms with van der Waals surface area (Å²) in [6, 6.07) is 10.1. The number of para-hydroxylation sites is 1. The average molecular weight is 364 g/mol. The van der Waals surface area contributed by atoms with Gasteiger partial charge in [-0.2, -0.15) is 0 Å². The Kier molecular flexibility index (Phi) is 17.5. The molecule has 150 valence electrons. The van der Waals surface area contributed by atoms with E-state index in [0.29, 0.717) is 0 Å². The third-order valence-corrected chi connectivity index (χ3v) is 3.98. The average Bonchev–Trinajstić information content (AvgIpc) is 2.69. The van der Waals surface area contributed by atoms with Crippen LogP contribution in [0.1, 0.15) is 33.1 Å². The highest BCUT2D eigenvalue weighted by atomic mass is 16.5. The fourth-order valence-corrected chi connectivity index (χ4v) is 2.70. The number of hydrogen-bond acceptors (Lipinski definition) is 4. The zero-order valence-electron chi connectivity index (χ0n) is 17.5. The van der Waals surface area contributed by atoms with Crippen molar-refractivity contribution < 1.29 is 4.74 Å². The molecule has 0 aliphatic carbocycles. The molecule has 1 aliphatic heterocycles. The topological polar surface area (TPSA) is 27.7 Å². The molecule has 4 heteroatoms. The molecule has 1 aromatic rings. The first-order valence-corrected chi connectivity index (χ1v) is 10.1. The van der Waals surface area contributed by atoms with Crippen molar-refractivity contribution in [3.8, 4) is 5.75 Å². The van der Waals surface area contributed by atoms with Crippen LogP contribution < -0.4 is 10.1 Å². The van der Waals surface area contributed by atoms with E-state index in [1.165, 1.54) is 45.6 Å². The summed E-state index contributed by atoms with van der Waals surface area (Å²) >= 11 is 0. The lowest BCUT2D eigenvalue weighted by molar-refractivity contribution is 0.140. The Morgan fingerprint density at radius 1 is 0.962 bits per heavy atom. The van der Waals surface area contributed by atoms with Gasteiger partial charge in [0.05, 0.1) is 6.61 Å². The van der Waals surface area contributed by atoms with Crippen molar-refractivity contribution in [2.24, 2.45) is 0 Å². The van der Waals surface area contributed by atoms with Crippen LogP contribution in [0.3, 0.4) is 0 Å². The maximum absolute atomic E-state index is 5.71. The summed E-state index contributed by atoms with van der Waals surface area (Å²) in [6.45, 7) is 15.7. The SMILES string of the molecule is C=CCN1CCN(CCCCCOc2ccccc2)CC1.CC.CNC. The van der Waals surface area contributed by atoms with Crippen LogP contribution in [-0.2, 0) is 0 Å². The van der Waals surface area contributed by atoms with Gasteiger partial charge in [0, 0.05) is 32.7 Å². The Morgan fingerprint density at radius 2 is 1.54 bits per heavy atom. The fraction of sp³-hybridized carbons (Fsp3) is 0.636. The van der Waals surface area contributed by atoms with Crippen LogP contribution in [0.4, 0.5) is 0 Å². The molecule has 0 bridgehead atoms. The molecular formula is C22H41N3O. The van der Waals surface area contributed by atoms with Crippen LogP contribution >= 0.6 is 0 Å².